The molecule has 0 spiro atoms. The van der Waals surface area contributed by atoms with Crippen LogP contribution in [0.5, 0.6) is 0 Å². The number of nitrogens with one attached hydrogen (secondary N) is 2. The predicted molar refractivity (Wildman–Crippen MR) is 117 cm³/mol. The van der Waals surface area contributed by atoms with Crippen molar-refractivity contribution in [3.05, 3.63) is 22.4 Å². The summed E-state index contributed by atoms with van der Waals surface area (Å²) in [6, 6.07) is 4.49. The minimum atomic E-state index is 0.275. The third-order valence-corrected chi connectivity index (χ3v) is 7.24. The summed E-state index contributed by atoms with van der Waals surface area (Å²) in [5.41, 5.74) is 0.275. The minimum absolute atomic E-state index is 0.275. The third kappa shape index (κ3) is 6.46. The van der Waals surface area contributed by atoms with E-state index < -0.39 is 0 Å². The number of rotatable bonds is 9. The molecule has 0 radical (unpaired) electrons. The van der Waals surface area contributed by atoms with Crippen molar-refractivity contribution >= 4 is 17.3 Å². The summed E-state index contributed by atoms with van der Waals surface area (Å²) in [5.74, 6) is 1.59. The lowest BCUT2D eigenvalue weighted by Gasteiger charge is -2.37. The van der Waals surface area contributed by atoms with Gasteiger partial charge < -0.3 is 20.1 Å². The van der Waals surface area contributed by atoms with Crippen LogP contribution in [0, 0.1) is 5.92 Å². The fourth-order valence-electron chi connectivity index (χ4n) is 4.34. The lowest BCUT2D eigenvalue weighted by molar-refractivity contribution is 0.0203. The number of nitrogens with zero attached hydrogens (tertiary/aromatic N) is 1. The maximum atomic E-state index is 5.85. The molecule has 6 heteroatoms. The van der Waals surface area contributed by atoms with Crippen molar-refractivity contribution in [2.45, 2.75) is 56.8 Å². The van der Waals surface area contributed by atoms with Crippen molar-refractivity contribution in [1.82, 2.24) is 10.6 Å². The molecule has 2 fully saturated rings. The highest BCUT2D eigenvalue weighted by Crippen LogP contribution is 2.41. The zero-order valence-corrected chi connectivity index (χ0v) is 18.2. The highest BCUT2D eigenvalue weighted by Gasteiger charge is 2.34. The Labute approximate surface area is 174 Å². The second-order valence-corrected chi connectivity index (χ2v) is 9.10. The first kappa shape index (κ1) is 21.6. The van der Waals surface area contributed by atoms with E-state index in [9.17, 15) is 0 Å². The Hall–Kier alpha value is -1.11. The maximum absolute atomic E-state index is 5.85. The smallest absolute Gasteiger partial charge is 0.191 e. The molecule has 0 atom stereocenters. The Bertz CT molecular complexity index is 564. The van der Waals surface area contributed by atoms with E-state index in [1.54, 1.807) is 0 Å². The summed E-state index contributed by atoms with van der Waals surface area (Å²) in [6.45, 7) is 5.32. The molecule has 0 bridgehead atoms. The minimum Gasteiger partial charge on any atom is -0.381 e. The molecule has 1 saturated heterocycles. The van der Waals surface area contributed by atoms with Crippen molar-refractivity contribution in [2.24, 2.45) is 10.9 Å². The van der Waals surface area contributed by atoms with E-state index in [1.807, 2.05) is 18.4 Å². The zero-order valence-electron chi connectivity index (χ0n) is 17.4. The van der Waals surface area contributed by atoms with E-state index >= 15 is 0 Å². The SMILES string of the molecule is CN=C(NCCCOCC1CCOCC1)NCC1(c2cccs2)CCCCC1. The van der Waals surface area contributed by atoms with Crippen molar-refractivity contribution in [3.63, 3.8) is 0 Å². The maximum Gasteiger partial charge on any atom is 0.191 e. The second-order valence-electron chi connectivity index (χ2n) is 8.16. The average Bonchev–Trinajstić information content (AvgIpc) is 3.30. The summed E-state index contributed by atoms with van der Waals surface area (Å²) >= 11 is 1.90. The van der Waals surface area contributed by atoms with Crippen molar-refractivity contribution < 1.29 is 9.47 Å². The topological polar surface area (TPSA) is 54.9 Å². The highest BCUT2D eigenvalue weighted by molar-refractivity contribution is 7.10. The molecule has 1 aromatic heterocycles. The number of guanidine groups is 1. The van der Waals surface area contributed by atoms with Gasteiger partial charge in [0.15, 0.2) is 5.96 Å². The molecule has 1 saturated carbocycles. The number of thiophene rings is 1. The lowest BCUT2D eigenvalue weighted by Crippen LogP contribution is -2.46. The molecule has 0 unspecified atom stereocenters. The van der Waals surface area contributed by atoms with Gasteiger partial charge in [-0.1, -0.05) is 25.3 Å². The van der Waals surface area contributed by atoms with Gasteiger partial charge in [0.2, 0.25) is 0 Å². The van der Waals surface area contributed by atoms with E-state index in [0.717, 1.165) is 64.7 Å². The molecular weight excluding hydrogens is 370 g/mol. The van der Waals surface area contributed by atoms with Crippen LogP contribution in [0.1, 0.15) is 56.2 Å². The summed E-state index contributed by atoms with van der Waals surface area (Å²) < 4.78 is 11.2. The summed E-state index contributed by atoms with van der Waals surface area (Å²) in [7, 11) is 1.86. The van der Waals surface area contributed by atoms with Gasteiger partial charge >= 0.3 is 0 Å². The van der Waals surface area contributed by atoms with Gasteiger partial charge in [0.25, 0.3) is 0 Å². The Kier molecular flexibility index (Phi) is 9.09. The molecule has 1 aromatic rings. The molecule has 1 aliphatic carbocycles. The van der Waals surface area contributed by atoms with Crippen LogP contribution in [0.25, 0.3) is 0 Å². The first-order valence-electron chi connectivity index (χ1n) is 11.0. The largest absolute Gasteiger partial charge is 0.381 e. The molecule has 0 aromatic carbocycles. The highest BCUT2D eigenvalue weighted by atomic mass is 32.1. The van der Waals surface area contributed by atoms with Gasteiger partial charge in [-0.25, -0.2) is 0 Å². The van der Waals surface area contributed by atoms with Crippen LogP contribution in [0.4, 0.5) is 0 Å². The molecule has 0 amide bonds. The average molecular weight is 408 g/mol. The molecule has 2 N–H and O–H groups in total. The Morgan fingerprint density at radius 1 is 1.25 bits per heavy atom. The van der Waals surface area contributed by atoms with Gasteiger partial charge in [-0.3, -0.25) is 4.99 Å². The normalized spacial score (nSPS) is 20.8. The third-order valence-electron chi connectivity index (χ3n) is 6.12. The summed E-state index contributed by atoms with van der Waals surface area (Å²) in [4.78, 5) is 5.94. The van der Waals surface area contributed by atoms with Crippen LogP contribution in [0.3, 0.4) is 0 Å². The fraction of sp³-hybridized carbons (Fsp3) is 0.773. The van der Waals surface area contributed by atoms with Crippen LogP contribution in [-0.2, 0) is 14.9 Å². The molecule has 5 nitrogen and oxygen atoms in total. The van der Waals surface area contributed by atoms with Gasteiger partial charge in [0, 0.05) is 56.9 Å². The number of ether oxygens (including phenoxy) is 2. The zero-order chi connectivity index (χ0) is 19.5. The van der Waals surface area contributed by atoms with E-state index in [2.05, 4.69) is 33.1 Å². The van der Waals surface area contributed by atoms with Gasteiger partial charge in [0.1, 0.15) is 0 Å². The first-order chi connectivity index (χ1) is 13.8. The molecule has 1 aliphatic heterocycles. The predicted octanol–water partition coefficient (Wildman–Crippen LogP) is 3.95. The van der Waals surface area contributed by atoms with E-state index in [1.165, 1.54) is 37.0 Å². The van der Waals surface area contributed by atoms with Crippen LogP contribution < -0.4 is 10.6 Å². The van der Waals surface area contributed by atoms with Gasteiger partial charge in [-0.05, 0) is 49.5 Å². The van der Waals surface area contributed by atoms with Gasteiger partial charge in [-0.15, -0.1) is 11.3 Å². The lowest BCUT2D eigenvalue weighted by atomic mass is 9.73. The van der Waals surface area contributed by atoms with E-state index in [0.29, 0.717) is 5.92 Å². The number of hydrogen-bond donors (Lipinski definition) is 2. The Morgan fingerprint density at radius 3 is 2.79 bits per heavy atom. The molecular formula is C22H37N3O2S. The van der Waals surface area contributed by atoms with E-state index in [4.69, 9.17) is 9.47 Å². The van der Waals surface area contributed by atoms with Gasteiger partial charge in [-0.2, -0.15) is 0 Å². The summed E-state index contributed by atoms with van der Waals surface area (Å²) in [6.07, 6.45) is 9.86. The van der Waals surface area contributed by atoms with Crippen LogP contribution in [0.2, 0.25) is 0 Å². The van der Waals surface area contributed by atoms with Crippen molar-refractivity contribution in [2.75, 3.05) is 46.6 Å². The Morgan fingerprint density at radius 2 is 2.07 bits per heavy atom. The number of aliphatic imine (C=N–C) groups is 1. The fourth-order valence-corrected chi connectivity index (χ4v) is 5.32. The van der Waals surface area contributed by atoms with Crippen LogP contribution >= 0.6 is 11.3 Å². The molecule has 3 rings (SSSR count). The van der Waals surface area contributed by atoms with Crippen molar-refractivity contribution in [3.8, 4) is 0 Å². The van der Waals surface area contributed by atoms with E-state index in [-0.39, 0.29) is 5.41 Å². The van der Waals surface area contributed by atoms with Crippen LogP contribution in [-0.4, -0.2) is 52.5 Å². The molecule has 2 heterocycles. The molecule has 158 valence electrons. The quantitative estimate of drug-likeness (QED) is 0.370. The molecule has 2 aliphatic rings. The Balaban J connectivity index is 1.34. The first-order valence-corrected chi connectivity index (χ1v) is 11.8. The summed E-state index contributed by atoms with van der Waals surface area (Å²) in [5, 5.41) is 9.26. The second kappa shape index (κ2) is 11.8. The standard InChI is InChI=1S/C22H37N3O2S/c1-23-21(24-12-6-13-27-17-19-8-14-26-15-9-19)25-18-22(10-3-2-4-11-22)20-7-5-16-28-20/h5,7,16,19H,2-4,6,8-15,17-18H2,1H3,(H2,23,24,25). The number of hydrogen-bond acceptors (Lipinski definition) is 4. The van der Waals surface area contributed by atoms with Crippen molar-refractivity contribution in [1.29, 1.82) is 0 Å². The van der Waals surface area contributed by atoms with Gasteiger partial charge in [0.05, 0.1) is 0 Å². The van der Waals surface area contributed by atoms with Crippen LogP contribution in [0.15, 0.2) is 22.5 Å². The molecule has 28 heavy (non-hydrogen) atoms. The monoisotopic (exact) mass is 407 g/mol.